The van der Waals surface area contributed by atoms with Gasteiger partial charge in [-0.2, -0.15) is 0 Å². The second kappa shape index (κ2) is 6.97. The Morgan fingerprint density at radius 2 is 2.24 bits per heavy atom. The van der Waals surface area contributed by atoms with Crippen molar-refractivity contribution >= 4 is 5.91 Å². The lowest BCUT2D eigenvalue weighted by Crippen LogP contribution is -2.51. The van der Waals surface area contributed by atoms with Crippen LogP contribution < -0.4 is 5.73 Å². The maximum atomic E-state index is 12.2. The van der Waals surface area contributed by atoms with E-state index in [1.54, 1.807) is 0 Å². The Hall–Kier alpha value is -0.610. The Kier molecular flexibility index (Phi) is 5.92. The fourth-order valence-corrected chi connectivity index (χ4v) is 2.22. The van der Waals surface area contributed by atoms with Crippen molar-refractivity contribution in [3.8, 4) is 0 Å². The zero-order valence-electron chi connectivity index (χ0n) is 11.3. The summed E-state index contributed by atoms with van der Waals surface area (Å²) in [5.41, 5.74) is 5.99. The normalized spacial score (nSPS) is 24.5. The van der Waals surface area contributed by atoms with Crippen LogP contribution in [0.15, 0.2) is 0 Å². The molecule has 0 saturated carbocycles. The molecule has 0 bridgehead atoms. The predicted octanol–water partition coefficient (Wildman–Crippen LogP) is 1.39. The van der Waals surface area contributed by atoms with Crippen molar-refractivity contribution in [1.29, 1.82) is 0 Å². The molecule has 0 aromatic carbocycles. The van der Waals surface area contributed by atoms with Crippen LogP contribution in [0.5, 0.6) is 0 Å². The van der Waals surface area contributed by atoms with Crippen molar-refractivity contribution in [3.05, 3.63) is 0 Å². The Balaban J connectivity index is 2.51. The lowest BCUT2D eigenvalue weighted by atomic mass is 9.97. The molecular formula is C13H26N2O2. The molecule has 0 aromatic heterocycles. The number of nitrogens with two attached hydrogens (primary N) is 1. The van der Waals surface area contributed by atoms with Gasteiger partial charge in [-0.3, -0.25) is 4.79 Å². The molecule has 17 heavy (non-hydrogen) atoms. The van der Waals surface area contributed by atoms with Gasteiger partial charge in [-0.25, -0.2) is 0 Å². The third-order valence-electron chi connectivity index (χ3n) is 3.63. The molecule has 1 amide bonds. The molecule has 2 unspecified atom stereocenters. The van der Waals surface area contributed by atoms with Gasteiger partial charge in [-0.15, -0.1) is 0 Å². The summed E-state index contributed by atoms with van der Waals surface area (Å²) >= 11 is 0. The number of carbonyl (C=O) groups excluding carboxylic acids is 1. The molecule has 3 atom stereocenters. The summed E-state index contributed by atoms with van der Waals surface area (Å²) in [6, 6.07) is -0.361. The van der Waals surface area contributed by atoms with Gasteiger partial charge in [0.25, 0.3) is 0 Å². The summed E-state index contributed by atoms with van der Waals surface area (Å²) in [5.74, 6) is 0.332. The van der Waals surface area contributed by atoms with E-state index < -0.39 is 0 Å². The number of carbonyl (C=O) groups is 1. The smallest absolute Gasteiger partial charge is 0.239 e. The molecule has 1 rings (SSSR count). The van der Waals surface area contributed by atoms with E-state index in [0.29, 0.717) is 13.2 Å². The van der Waals surface area contributed by atoms with Crippen molar-refractivity contribution < 1.29 is 9.53 Å². The van der Waals surface area contributed by atoms with E-state index in [4.69, 9.17) is 10.5 Å². The van der Waals surface area contributed by atoms with E-state index in [0.717, 1.165) is 25.8 Å². The molecule has 100 valence electrons. The first-order chi connectivity index (χ1) is 8.10. The lowest BCUT2D eigenvalue weighted by molar-refractivity contribution is -0.137. The molecule has 0 aliphatic carbocycles. The quantitative estimate of drug-likeness (QED) is 0.792. The number of ether oxygens (including phenoxy) is 1. The van der Waals surface area contributed by atoms with Crippen molar-refractivity contribution in [3.63, 3.8) is 0 Å². The number of rotatable bonds is 5. The van der Waals surface area contributed by atoms with Crippen molar-refractivity contribution in [1.82, 2.24) is 4.90 Å². The summed E-state index contributed by atoms with van der Waals surface area (Å²) in [5, 5.41) is 0. The van der Waals surface area contributed by atoms with Gasteiger partial charge < -0.3 is 15.4 Å². The number of hydrogen-bond donors (Lipinski definition) is 1. The van der Waals surface area contributed by atoms with E-state index in [-0.39, 0.29) is 24.0 Å². The standard InChI is InChI=1S/C13H26N2O2/c1-4-10(3)12(14)13(16)15-8-6-7-11(9-15)17-5-2/h10-12H,4-9,14H2,1-3H3/t10?,11?,12-/m0/s1. The van der Waals surface area contributed by atoms with Gasteiger partial charge in [0.15, 0.2) is 0 Å². The maximum Gasteiger partial charge on any atom is 0.239 e. The zero-order chi connectivity index (χ0) is 12.8. The SMILES string of the molecule is CCOC1CCCN(C(=O)[C@@H](N)C(C)CC)C1. The fraction of sp³-hybridized carbons (Fsp3) is 0.923. The Labute approximate surface area is 104 Å². The van der Waals surface area contributed by atoms with Crippen LogP contribution in [-0.4, -0.2) is 42.6 Å². The molecule has 4 nitrogen and oxygen atoms in total. The minimum absolute atomic E-state index is 0.0868. The van der Waals surface area contributed by atoms with E-state index in [2.05, 4.69) is 6.92 Å². The summed E-state index contributed by atoms with van der Waals surface area (Å²) in [6.45, 7) is 8.34. The van der Waals surface area contributed by atoms with E-state index >= 15 is 0 Å². The van der Waals surface area contributed by atoms with Gasteiger partial charge in [-0.1, -0.05) is 20.3 Å². The van der Waals surface area contributed by atoms with Crippen LogP contribution in [0.1, 0.15) is 40.0 Å². The Bertz CT molecular complexity index is 244. The minimum atomic E-state index is -0.361. The third kappa shape index (κ3) is 3.96. The van der Waals surface area contributed by atoms with Gasteiger partial charge in [-0.05, 0) is 25.7 Å². The van der Waals surface area contributed by atoms with Crippen LogP contribution in [0.2, 0.25) is 0 Å². The fourth-order valence-electron chi connectivity index (χ4n) is 2.22. The summed E-state index contributed by atoms with van der Waals surface area (Å²) in [4.78, 5) is 14.1. The predicted molar refractivity (Wildman–Crippen MR) is 68.7 cm³/mol. The second-order valence-electron chi connectivity index (χ2n) is 4.92. The van der Waals surface area contributed by atoms with Crippen LogP contribution >= 0.6 is 0 Å². The largest absolute Gasteiger partial charge is 0.377 e. The third-order valence-corrected chi connectivity index (χ3v) is 3.63. The van der Waals surface area contributed by atoms with Crippen LogP contribution in [0.4, 0.5) is 0 Å². The molecule has 1 aliphatic rings. The van der Waals surface area contributed by atoms with Crippen LogP contribution in [-0.2, 0) is 9.53 Å². The summed E-state index contributed by atoms with van der Waals surface area (Å²) < 4.78 is 5.60. The molecule has 2 N–H and O–H groups in total. The van der Waals surface area contributed by atoms with Crippen LogP contribution in [0.25, 0.3) is 0 Å². The lowest BCUT2D eigenvalue weighted by Gasteiger charge is -2.35. The molecule has 4 heteroatoms. The van der Waals surface area contributed by atoms with Gasteiger partial charge in [0.05, 0.1) is 12.1 Å². The highest BCUT2D eigenvalue weighted by atomic mass is 16.5. The van der Waals surface area contributed by atoms with E-state index in [9.17, 15) is 4.79 Å². The van der Waals surface area contributed by atoms with Crippen LogP contribution in [0, 0.1) is 5.92 Å². The highest BCUT2D eigenvalue weighted by Crippen LogP contribution is 2.16. The van der Waals surface area contributed by atoms with Crippen LogP contribution in [0.3, 0.4) is 0 Å². The number of nitrogens with zero attached hydrogens (tertiary/aromatic N) is 1. The molecule has 0 aromatic rings. The molecule has 1 saturated heterocycles. The second-order valence-corrected chi connectivity index (χ2v) is 4.92. The minimum Gasteiger partial charge on any atom is -0.377 e. The Morgan fingerprint density at radius 1 is 1.53 bits per heavy atom. The van der Waals surface area contributed by atoms with E-state index in [1.807, 2.05) is 18.7 Å². The maximum absolute atomic E-state index is 12.2. The van der Waals surface area contributed by atoms with Gasteiger partial charge >= 0.3 is 0 Å². The zero-order valence-corrected chi connectivity index (χ0v) is 11.3. The molecule has 1 fully saturated rings. The Morgan fingerprint density at radius 3 is 2.82 bits per heavy atom. The first kappa shape index (κ1) is 14.5. The average molecular weight is 242 g/mol. The first-order valence-corrected chi connectivity index (χ1v) is 6.76. The van der Waals surface area contributed by atoms with Crippen molar-refractivity contribution in [2.75, 3.05) is 19.7 Å². The average Bonchev–Trinajstić information content (AvgIpc) is 2.36. The van der Waals surface area contributed by atoms with Gasteiger partial charge in [0.1, 0.15) is 0 Å². The number of likely N-dealkylation sites (tertiary alicyclic amines) is 1. The molecule has 0 radical (unpaired) electrons. The highest BCUT2D eigenvalue weighted by Gasteiger charge is 2.29. The monoisotopic (exact) mass is 242 g/mol. The molecule has 1 aliphatic heterocycles. The topological polar surface area (TPSA) is 55.6 Å². The van der Waals surface area contributed by atoms with E-state index in [1.165, 1.54) is 0 Å². The first-order valence-electron chi connectivity index (χ1n) is 6.76. The molecule has 1 heterocycles. The molecule has 0 spiro atoms. The molecular weight excluding hydrogens is 216 g/mol. The van der Waals surface area contributed by atoms with Gasteiger partial charge in [0, 0.05) is 19.7 Å². The van der Waals surface area contributed by atoms with Crippen molar-refractivity contribution in [2.24, 2.45) is 11.7 Å². The summed E-state index contributed by atoms with van der Waals surface area (Å²) in [6.07, 6.45) is 3.21. The summed E-state index contributed by atoms with van der Waals surface area (Å²) in [7, 11) is 0. The highest BCUT2D eigenvalue weighted by molar-refractivity contribution is 5.82. The van der Waals surface area contributed by atoms with Crippen molar-refractivity contribution in [2.45, 2.75) is 52.2 Å². The van der Waals surface area contributed by atoms with Gasteiger partial charge in [0.2, 0.25) is 5.91 Å². The number of piperidine rings is 1. The number of hydrogen-bond acceptors (Lipinski definition) is 3. The number of amides is 1.